The summed E-state index contributed by atoms with van der Waals surface area (Å²) in [4.78, 5) is 2.76. The van der Waals surface area contributed by atoms with Crippen LogP contribution in [0.5, 0.6) is 0 Å². The molecule has 0 aromatic heterocycles. The molecular weight excluding hydrogens is 196 g/mol. The fourth-order valence-electron chi connectivity index (χ4n) is 3.11. The molecule has 2 fully saturated rings. The molecule has 16 heavy (non-hydrogen) atoms. The van der Waals surface area contributed by atoms with E-state index < -0.39 is 0 Å². The van der Waals surface area contributed by atoms with E-state index in [1.54, 1.807) is 0 Å². The fraction of sp³-hybridized carbons (Fsp3) is 1.00. The zero-order chi connectivity index (χ0) is 11.8. The van der Waals surface area contributed by atoms with Crippen molar-refractivity contribution in [2.24, 2.45) is 5.92 Å². The van der Waals surface area contributed by atoms with Crippen molar-refractivity contribution in [1.82, 2.24) is 10.2 Å². The Kier molecular flexibility index (Phi) is 3.60. The molecule has 0 aromatic carbocycles. The normalized spacial score (nSPS) is 36.4. The van der Waals surface area contributed by atoms with Crippen LogP contribution in [-0.2, 0) is 0 Å². The summed E-state index contributed by atoms with van der Waals surface area (Å²) in [5.74, 6) is 0.903. The predicted molar refractivity (Wildman–Crippen MR) is 69.7 cm³/mol. The fourth-order valence-corrected chi connectivity index (χ4v) is 3.11. The van der Waals surface area contributed by atoms with Crippen molar-refractivity contribution >= 4 is 0 Å². The van der Waals surface area contributed by atoms with Gasteiger partial charge in [0.05, 0.1) is 0 Å². The van der Waals surface area contributed by atoms with Crippen molar-refractivity contribution < 1.29 is 0 Å². The summed E-state index contributed by atoms with van der Waals surface area (Å²) in [6, 6.07) is 1.72. The lowest BCUT2D eigenvalue weighted by molar-refractivity contribution is 0.0535. The van der Waals surface area contributed by atoms with Gasteiger partial charge < -0.3 is 5.32 Å². The van der Waals surface area contributed by atoms with E-state index in [2.05, 4.69) is 37.9 Å². The molecule has 2 nitrogen and oxygen atoms in total. The molecule has 2 aliphatic rings. The van der Waals surface area contributed by atoms with Crippen molar-refractivity contribution in [3.63, 3.8) is 0 Å². The highest BCUT2D eigenvalue weighted by atomic mass is 15.2. The highest BCUT2D eigenvalue weighted by Gasteiger charge is 2.39. The predicted octanol–water partition coefficient (Wildman–Crippen LogP) is 2.64. The quantitative estimate of drug-likeness (QED) is 0.793. The summed E-state index contributed by atoms with van der Waals surface area (Å²) in [5.41, 5.74) is 0.275. The van der Waals surface area contributed by atoms with Crippen molar-refractivity contribution in [2.75, 3.05) is 13.1 Å². The van der Waals surface area contributed by atoms with Gasteiger partial charge in [-0.05, 0) is 72.4 Å². The van der Waals surface area contributed by atoms with Gasteiger partial charge in [0.1, 0.15) is 0 Å². The second-order valence-electron chi connectivity index (χ2n) is 6.76. The number of hydrogen-bond donors (Lipinski definition) is 1. The highest BCUT2D eigenvalue weighted by Crippen LogP contribution is 2.36. The third-order valence-electron chi connectivity index (χ3n) is 4.30. The Labute approximate surface area is 101 Å². The minimum absolute atomic E-state index is 0.275. The van der Waals surface area contributed by atoms with Crippen molar-refractivity contribution in [3.05, 3.63) is 0 Å². The number of nitrogens with one attached hydrogen (secondary N) is 1. The van der Waals surface area contributed by atoms with E-state index in [1.165, 1.54) is 38.8 Å². The first-order chi connectivity index (χ1) is 7.47. The minimum atomic E-state index is 0.275. The van der Waals surface area contributed by atoms with Gasteiger partial charge in [0.2, 0.25) is 0 Å². The summed E-state index contributed by atoms with van der Waals surface area (Å²) in [6.07, 6.45) is 5.69. The van der Waals surface area contributed by atoms with Gasteiger partial charge in [-0.15, -0.1) is 0 Å². The molecule has 1 heterocycles. The summed E-state index contributed by atoms with van der Waals surface area (Å²) in [7, 11) is 0. The Hall–Kier alpha value is -0.0800. The van der Waals surface area contributed by atoms with Gasteiger partial charge in [0.15, 0.2) is 0 Å². The van der Waals surface area contributed by atoms with E-state index in [4.69, 9.17) is 0 Å². The first-order valence-corrected chi connectivity index (χ1v) is 6.98. The molecular formula is C14H28N2. The third kappa shape index (κ3) is 2.78. The Morgan fingerprint density at radius 2 is 1.94 bits per heavy atom. The van der Waals surface area contributed by atoms with Gasteiger partial charge in [0.25, 0.3) is 0 Å². The second kappa shape index (κ2) is 4.66. The molecule has 2 rings (SSSR count). The molecule has 1 aliphatic heterocycles. The van der Waals surface area contributed by atoms with Gasteiger partial charge in [-0.25, -0.2) is 0 Å². The lowest BCUT2D eigenvalue weighted by atomic mass is 9.77. The zero-order valence-electron chi connectivity index (χ0n) is 11.4. The van der Waals surface area contributed by atoms with E-state index in [0.29, 0.717) is 0 Å². The van der Waals surface area contributed by atoms with Gasteiger partial charge in [-0.3, -0.25) is 4.90 Å². The van der Waals surface area contributed by atoms with Crippen LogP contribution < -0.4 is 5.32 Å². The monoisotopic (exact) mass is 224 g/mol. The molecule has 1 aliphatic carbocycles. The SMILES string of the molecule is CC1CCCN1C1CCC1CNC(C)(C)C. The van der Waals surface area contributed by atoms with E-state index in [-0.39, 0.29) is 5.54 Å². The maximum absolute atomic E-state index is 3.67. The van der Waals surface area contributed by atoms with Crippen molar-refractivity contribution in [3.8, 4) is 0 Å². The largest absolute Gasteiger partial charge is 0.312 e. The average molecular weight is 224 g/mol. The molecule has 0 spiro atoms. The molecule has 2 heteroatoms. The lowest BCUT2D eigenvalue weighted by Crippen LogP contribution is -2.53. The average Bonchev–Trinajstić information content (AvgIpc) is 2.48. The molecule has 3 atom stereocenters. The maximum atomic E-state index is 3.67. The van der Waals surface area contributed by atoms with Crippen LogP contribution in [0.1, 0.15) is 53.4 Å². The van der Waals surface area contributed by atoms with E-state index in [9.17, 15) is 0 Å². The standard InChI is InChI=1S/C14H28N2/c1-11-6-5-9-16(11)13-8-7-12(13)10-15-14(2,3)4/h11-13,15H,5-10H2,1-4H3. The minimum Gasteiger partial charge on any atom is -0.312 e. The summed E-state index contributed by atoms with van der Waals surface area (Å²) >= 11 is 0. The van der Waals surface area contributed by atoms with Crippen LogP contribution in [0.3, 0.4) is 0 Å². The summed E-state index contributed by atoms with van der Waals surface area (Å²) in [5, 5.41) is 3.67. The van der Waals surface area contributed by atoms with E-state index in [0.717, 1.165) is 18.0 Å². The molecule has 0 radical (unpaired) electrons. The maximum Gasteiger partial charge on any atom is 0.0139 e. The van der Waals surface area contributed by atoms with Crippen molar-refractivity contribution in [1.29, 1.82) is 0 Å². The van der Waals surface area contributed by atoms with Crippen LogP contribution in [0.4, 0.5) is 0 Å². The number of rotatable bonds is 3. The van der Waals surface area contributed by atoms with Crippen LogP contribution in [0.2, 0.25) is 0 Å². The molecule has 0 amide bonds. The first kappa shape index (κ1) is 12.4. The van der Waals surface area contributed by atoms with E-state index in [1.807, 2.05) is 0 Å². The Bertz CT molecular complexity index is 231. The highest BCUT2D eigenvalue weighted by molar-refractivity contribution is 4.94. The molecule has 1 saturated heterocycles. The smallest absolute Gasteiger partial charge is 0.0139 e. The van der Waals surface area contributed by atoms with Crippen LogP contribution in [0.25, 0.3) is 0 Å². The molecule has 3 unspecified atom stereocenters. The summed E-state index contributed by atoms with van der Waals surface area (Å²) in [6.45, 7) is 11.7. The second-order valence-corrected chi connectivity index (χ2v) is 6.76. The van der Waals surface area contributed by atoms with Crippen LogP contribution >= 0.6 is 0 Å². The molecule has 0 aromatic rings. The zero-order valence-corrected chi connectivity index (χ0v) is 11.4. The summed E-state index contributed by atoms with van der Waals surface area (Å²) < 4.78 is 0. The third-order valence-corrected chi connectivity index (χ3v) is 4.30. The van der Waals surface area contributed by atoms with Gasteiger partial charge >= 0.3 is 0 Å². The van der Waals surface area contributed by atoms with E-state index >= 15 is 0 Å². The number of likely N-dealkylation sites (tertiary alicyclic amines) is 1. The molecule has 0 bridgehead atoms. The van der Waals surface area contributed by atoms with Crippen LogP contribution in [0.15, 0.2) is 0 Å². The Balaban J connectivity index is 1.79. The Morgan fingerprint density at radius 1 is 1.19 bits per heavy atom. The van der Waals surface area contributed by atoms with Gasteiger partial charge in [-0.2, -0.15) is 0 Å². The Morgan fingerprint density at radius 3 is 2.38 bits per heavy atom. The van der Waals surface area contributed by atoms with Crippen LogP contribution in [-0.4, -0.2) is 35.6 Å². The van der Waals surface area contributed by atoms with Crippen LogP contribution in [0, 0.1) is 5.92 Å². The molecule has 1 saturated carbocycles. The lowest BCUT2D eigenvalue weighted by Gasteiger charge is -2.45. The van der Waals surface area contributed by atoms with Gasteiger partial charge in [0, 0.05) is 17.6 Å². The topological polar surface area (TPSA) is 15.3 Å². The number of nitrogens with zero attached hydrogens (tertiary/aromatic N) is 1. The van der Waals surface area contributed by atoms with Gasteiger partial charge in [-0.1, -0.05) is 0 Å². The van der Waals surface area contributed by atoms with Crippen molar-refractivity contribution in [2.45, 2.75) is 71.0 Å². The first-order valence-electron chi connectivity index (χ1n) is 6.98. The molecule has 94 valence electrons. The number of hydrogen-bond acceptors (Lipinski definition) is 2. The molecule has 1 N–H and O–H groups in total.